The van der Waals surface area contributed by atoms with Gasteiger partial charge in [0, 0.05) is 0 Å². The maximum atomic E-state index is 2.45. The summed E-state index contributed by atoms with van der Waals surface area (Å²) in [4.78, 5) is 0. The van der Waals surface area contributed by atoms with Gasteiger partial charge >= 0.3 is 0 Å². The van der Waals surface area contributed by atoms with Crippen LogP contribution in [0.2, 0.25) is 0 Å². The average Bonchev–Trinajstić information content (AvgIpc) is 3.13. The van der Waals surface area contributed by atoms with E-state index in [0.717, 1.165) is 12.8 Å². The number of fused-ring (bicyclic) bond motifs is 6. The van der Waals surface area contributed by atoms with Gasteiger partial charge in [0.1, 0.15) is 0 Å². The molecule has 114 valence electrons. The fraction of sp³-hybridized carbons (Fsp3) is 0.217. The van der Waals surface area contributed by atoms with Crippen LogP contribution in [0.15, 0.2) is 54.6 Å². The lowest BCUT2D eigenvalue weighted by Gasteiger charge is -2.06. The number of benzene rings is 3. The monoisotopic (exact) mass is 298 g/mol. The molecule has 0 aromatic heterocycles. The molecule has 3 aromatic rings. The Balaban J connectivity index is 0.000000652. The lowest BCUT2D eigenvalue weighted by Crippen LogP contribution is -1.87. The molecule has 0 unspecified atom stereocenters. The largest absolute Gasteiger partial charge is 0.0683 e. The molecule has 2 aliphatic carbocycles. The molecule has 0 saturated heterocycles. The summed E-state index contributed by atoms with van der Waals surface area (Å²) in [5, 5.41) is 0. The highest BCUT2D eigenvalue weighted by Gasteiger charge is 2.25. The first-order valence-corrected chi connectivity index (χ1v) is 8.64. The Hall–Kier alpha value is -2.34. The zero-order valence-corrected chi connectivity index (χ0v) is 14.1. The molecule has 0 bridgehead atoms. The van der Waals surface area contributed by atoms with Crippen molar-refractivity contribution in [2.45, 2.75) is 33.6 Å². The van der Waals surface area contributed by atoms with E-state index in [1.165, 1.54) is 50.1 Å². The molecule has 0 spiro atoms. The molecule has 2 aliphatic rings. The standard InChI is InChI=1S/C21H16.C2H6/c1-13-5-4-8-18-19(13)11-16-10-15-9-14-6-2-3-7-17(14)20(15)12-21(16)18;1-2/h2-8,10,12H,9,11H2,1H3;1-2H3. The van der Waals surface area contributed by atoms with Crippen LogP contribution in [-0.2, 0) is 12.8 Å². The molecule has 0 atom stereocenters. The van der Waals surface area contributed by atoms with E-state index in [2.05, 4.69) is 61.5 Å². The van der Waals surface area contributed by atoms with Crippen LogP contribution >= 0.6 is 0 Å². The highest BCUT2D eigenvalue weighted by Crippen LogP contribution is 2.45. The Kier molecular flexibility index (Phi) is 3.34. The highest BCUT2D eigenvalue weighted by molar-refractivity contribution is 5.86. The molecule has 0 amide bonds. The SMILES string of the molecule is CC.Cc1cccc2c1Cc1cc3c(cc1-2)-c1ccccc1C3. The van der Waals surface area contributed by atoms with Gasteiger partial charge in [-0.2, -0.15) is 0 Å². The summed E-state index contributed by atoms with van der Waals surface area (Å²) in [6.07, 6.45) is 2.19. The Morgan fingerprint density at radius 3 is 2.17 bits per heavy atom. The predicted octanol–water partition coefficient (Wildman–Crippen LogP) is 6.16. The summed E-state index contributed by atoms with van der Waals surface area (Å²) >= 11 is 0. The summed E-state index contributed by atoms with van der Waals surface area (Å²) < 4.78 is 0. The Labute approximate surface area is 138 Å². The van der Waals surface area contributed by atoms with E-state index in [0.29, 0.717) is 0 Å². The van der Waals surface area contributed by atoms with Crippen LogP contribution in [0.3, 0.4) is 0 Å². The summed E-state index contributed by atoms with van der Waals surface area (Å²) in [7, 11) is 0. The van der Waals surface area contributed by atoms with Crippen LogP contribution in [0.5, 0.6) is 0 Å². The molecule has 3 aromatic carbocycles. The van der Waals surface area contributed by atoms with Gasteiger partial charge in [-0.05, 0) is 75.9 Å². The fourth-order valence-corrected chi connectivity index (χ4v) is 4.01. The number of hydrogen-bond donors (Lipinski definition) is 0. The van der Waals surface area contributed by atoms with E-state index in [9.17, 15) is 0 Å². The minimum Gasteiger partial charge on any atom is -0.0683 e. The van der Waals surface area contributed by atoms with Crippen molar-refractivity contribution in [1.82, 2.24) is 0 Å². The smallest absolute Gasteiger partial charge is 0.00107 e. The minimum absolute atomic E-state index is 1.09. The van der Waals surface area contributed by atoms with Gasteiger partial charge in [-0.1, -0.05) is 62.4 Å². The van der Waals surface area contributed by atoms with Gasteiger partial charge in [0.25, 0.3) is 0 Å². The Morgan fingerprint density at radius 2 is 1.30 bits per heavy atom. The maximum Gasteiger partial charge on any atom is -0.00107 e. The molecule has 0 saturated carbocycles. The van der Waals surface area contributed by atoms with E-state index in [1.807, 2.05) is 13.8 Å². The van der Waals surface area contributed by atoms with E-state index < -0.39 is 0 Å². The van der Waals surface area contributed by atoms with Crippen LogP contribution in [0.25, 0.3) is 22.3 Å². The van der Waals surface area contributed by atoms with Crippen molar-refractivity contribution in [3.8, 4) is 22.3 Å². The second-order valence-electron chi connectivity index (χ2n) is 6.28. The van der Waals surface area contributed by atoms with E-state index in [-0.39, 0.29) is 0 Å². The first-order valence-electron chi connectivity index (χ1n) is 8.64. The van der Waals surface area contributed by atoms with Crippen molar-refractivity contribution in [2.24, 2.45) is 0 Å². The van der Waals surface area contributed by atoms with Gasteiger partial charge in [0.05, 0.1) is 0 Å². The normalized spacial score (nSPS) is 12.7. The quantitative estimate of drug-likeness (QED) is 0.321. The molecular formula is C23H22. The summed E-state index contributed by atoms with van der Waals surface area (Å²) in [5.74, 6) is 0. The summed E-state index contributed by atoms with van der Waals surface area (Å²) in [6.45, 7) is 6.23. The first kappa shape index (κ1) is 14.3. The average molecular weight is 298 g/mol. The molecule has 0 fully saturated rings. The van der Waals surface area contributed by atoms with Crippen molar-refractivity contribution in [2.75, 3.05) is 0 Å². The number of hydrogen-bond acceptors (Lipinski definition) is 0. The molecule has 0 heteroatoms. The van der Waals surface area contributed by atoms with E-state index in [4.69, 9.17) is 0 Å². The molecule has 0 N–H and O–H groups in total. The number of aryl methyl sites for hydroxylation is 1. The van der Waals surface area contributed by atoms with Crippen molar-refractivity contribution >= 4 is 0 Å². The van der Waals surface area contributed by atoms with Crippen molar-refractivity contribution in [1.29, 1.82) is 0 Å². The molecule has 0 aliphatic heterocycles. The lowest BCUT2D eigenvalue weighted by molar-refractivity contribution is 1.19. The maximum absolute atomic E-state index is 2.45. The lowest BCUT2D eigenvalue weighted by atomic mass is 9.97. The van der Waals surface area contributed by atoms with Crippen LogP contribution in [0.1, 0.15) is 41.7 Å². The van der Waals surface area contributed by atoms with Gasteiger partial charge in [-0.25, -0.2) is 0 Å². The Bertz CT molecular complexity index is 900. The summed E-state index contributed by atoms with van der Waals surface area (Å²) in [5.41, 5.74) is 13.2. The molecular weight excluding hydrogens is 276 g/mol. The van der Waals surface area contributed by atoms with Gasteiger partial charge < -0.3 is 0 Å². The molecule has 0 nitrogen and oxygen atoms in total. The van der Waals surface area contributed by atoms with Gasteiger partial charge in [0.15, 0.2) is 0 Å². The van der Waals surface area contributed by atoms with E-state index >= 15 is 0 Å². The van der Waals surface area contributed by atoms with Crippen LogP contribution in [-0.4, -0.2) is 0 Å². The zero-order valence-electron chi connectivity index (χ0n) is 14.1. The third-order valence-electron chi connectivity index (χ3n) is 5.09. The van der Waals surface area contributed by atoms with Crippen LogP contribution < -0.4 is 0 Å². The van der Waals surface area contributed by atoms with E-state index in [1.54, 1.807) is 0 Å². The first-order chi connectivity index (χ1) is 11.3. The molecule has 0 heterocycles. The summed E-state index contributed by atoms with van der Waals surface area (Å²) in [6, 6.07) is 20.4. The van der Waals surface area contributed by atoms with Crippen LogP contribution in [0, 0.1) is 6.92 Å². The Morgan fingerprint density at radius 1 is 0.609 bits per heavy atom. The van der Waals surface area contributed by atoms with Crippen molar-refractivity contribution in [3.05, 3.63) is 82.4 Å². The second kappa shape index (κ2) is 5.38. The highest BCUT2D eigenvalue weighted by atomic mass is 14.3. The predicted molar refractivity (Wildman–Crippen MR) is 99.0 cm³/mol. The van der Waals surface area contributed by atoms with Crippen LogP contribution in [0.4, 0.5) is 0 Å². The minimum atomic E-state index is 1.09. The molecule has 0 radical (unpaired) electrons. The molecule has 5 rings (SSSR count). The fourth-order valence-electron chi connectivity index (χ4n) is 4.01. The third kappa shape index (κ3) is 2.05. The van der Waals surface area contributed by atoms with Crippen molar-refractivity contribution in [3.63, 3.8) is 0 Å². The zero-order chi connectivity index (χ0) is 16.0. The third-order valence-corrected chi connectivity index (χ3v) is 5.09. The van der Waals surface area contributed by atoms with Crippen molar-refractivity contribution < 1.29 is 0 Å². The second-order valence-corrected chi connectivity index (χ2v) is 6.28. The number of rotatable bonds is 0. The molecule has 23 heavy (non-hydrogen) atoms. The van der Waals surface area contributed by atoms with Gasteiger partial charge in [-0.3, -0.25) is 0 Å². The topological polar surface area (TPSA) is 0 Å². The van der Waals surface area contributed by atoms with Gasteiger partial charge in [-0.15, -0.1) is 0 Å². The van der Waals surface area contributed by atoms with Gasteiger partial charge in [0.2, 0.25) is 0 Å².